The van der Waals surface area contributed by atoms with Crippen molar-refractivity contribution in [2.75, 3.05) is 40.0 Å². The van der Waals surface area contributed by atoms with Crippen molar-refractivity contribution in [3.8, 4) is 0 Å². The first-order valence-corrected chi connectivity index (χ1v) is 5.17. The van der Waals surface area contributed by atoms with Crippen molar-refractivity contribution in [3.63, 3.8) is 0 Å². The highest BCUT2D eigenvalue weighted by Crippen LogP contribution is 1.97. The van der Waals surface area contributed by atoms with Crippen molar-refractivity contribution in [3.05, 3.63) is 0 Å². The zero-order chi connectivity index (χ0) is 9.94. The lowest BCUT2D eigenvalue weighted by atomic mass is 10.2. The molecule has 0 aliphatic heterocycles. The number of ether oxygens (including phenoxy) is 1. The summed E-state index contributed by atoms with van der Waals surface area (Å²) in [6, 6.07) is 0. The zero-order valence-corrected chi connectivity index (χ0v) is 8.96. The number of aliphatic hydroxyl groups is 1. The summed E-state index contributed by atoms with van der Waals surface area (Å²) in [4.78, 5) is 2.25. The lowest BCUT2D eigenvalue weighted by molar-refractivity contribution is 0.129. The summed E-state index contributed by atoms with van der Waals surface area (Å²) in [7, 11) is 1.71. The highest BCUT2D eigenvalue weighted by Gasteiger charge is 2.02. The van der Waals surface area contributed by atoms with Crippen LogP contribution in [-0.2, 0) is 4.74 Å². The average Bonchev–Trinajstić information content (AvgIpc) is 2.14. The van der Waals surface area contributed by atoms with Crippen LogP contribution in [0.3, 0.4) is 0 Å². The van der Waals surface area contributed by atoms with E-state index in [-0.39, 0.29) is 6.61 Å². The van der Waals surface area contributed by atoms with Gasteiger partial charge in [-0.1, -0.05) is 19.8 Å². The second-order valence-electron chi connectivity index (χ2n) is 3.27. The average molecular weight is 189 g/mol. The molecule has 0 fully saturated rings. The van der Waals surface area contributed by atoms with E-state index in [0.29, 0.717) is 0 Å². The first kappa shape index (κ1) is 12.9. The Hall–Kier alpha value is -0.120. The van der Waals surface area contributed by atoms with E-state index in [1.807, 2.05) is 0 Å². The van der Waals surface area contributed by atoms with Crippen LogP contribution in [0.4, 0.5) is 0 Å². The van der Waals surface area contributed by atoms with Crippen molar-refractivity contribution in [2.24, 2.45) is 0 Å². The van der Waals surface area contributed by atoms with Gasteiger partial charge in [0.05, 0.1) is 13.2 Å². The molecule has 0 atom stereocenters. The van der Waals surface area contributed by atoms with Gasteiger partial charge in [-0.15, -0.1) is 0 Å². The predicted molar refractivity (Wildman–Crippen MR) is 54.9 cm³/mol. The maximum atomic E-state index is 8.81. The lowest BCUT2D eigenvalue weighted by Gasteiger charge is -2.20. The predicted octanol–water partition coefficient (Wildman–Crippen LogP) is 1.12. The van der Waals surface area contributed by atoms with E-state index in [4.69, 9.17) is 9.84 Å². The standard InChI is InChI=1S/C10H23NO2/c1-3-4-5-6-11(7-9-12)8-10-13-2/h12H,3-10H2,1-2H3. The summed E-state index contributed by atoms with van der Waals surface area (Å²) in [6.45, 7) is 5.99. The monoisotopic (exact) mass is 189 g/mol. The molecule has 0 aromatic carbocycles. The lowest BCUT2D eigenvalue weighted by Crippen LogP contribution is -2.31. The van der Waals surface area contributed by atoms with Gasteiger partial charge in [0.25, 0.3) is 0 Å². The second-order valence-corrected chi connectivity index (χ2v) is 3.27. The van der Waals surface area contributed by atoms with Gasteiger partial charge in [-0.25, -0.2) is 0 Å². The molecule has 0 rings (SSSR count). The Balaban J connectivity index is 3.41. The number of hydrogen-bond acceptors (Lipinski definition) is 3. The van der Waals surface area contributed by atoms with E-state index in [2.05, 4.69) is 11.8 Å². The molecule has 0 bridgehead atoms. The SMILES string of the molecule is CCCCCN(CCO)CCOC. The minimum absolute atomic E-state index is 0.246. The second kappa shape index (κ2) is 9.96. The van der Waals surface area contributed by atoms with E-state index < -0.39 is 0 Å². The first-order valence-electron chi connectivity index (χ1n) is 5.17. The molecule has 0 spiro atoms. The van der Waals surface area contributed by atoms with Gasteiger partial charge in [0.15, 0.2) is 0 Å². The number of rotatable bonds is 9. The third kappa shape index (κ3) is 8.22. The molecule has 80 valence electrons. The van der Waals surface area contributed by atoms with Crippen molar-refractivity contribution in [1.82, 2.24) is 4.90 Å². The Labute approximate surface area is 81.7 Å². The number of unbranched alkanes of at least 4 members (excludes halogenated alkanes) is 2. The number of nitrogens with zero attached hydrogens (tertiary/aromatic N) is 1. The Morgan fingerprint density at radius 3 is 2.46 bits per heavy atom. The number of methoxy groups -OCH3 is 1. The Morgan fingerprint density at radius 2 is 1.92 bits per heavy atom. The van der Waals surface area contributed by atoms with Crippen LogP contribution in [0.15, 0.2) is 0 Å². The van der Waals surface area contributed by atoms with Gasteiger partial charge < -0.3 is 9.84 Å². The van der Waals surface area contributed by atoms with Crippen LogP contribution in [0.2, 0.25) is 0 Å². The molecular weight excluding hydrogens is 166 g/mol. The Bertz CT molecular complexity index is 98.9. The van der Waals surface area contributed by atoms with Crippen molar-refractivity contribution < 1.29 is 9.84 Å². The molecule has 13 heavy (non-hydrogen) atoms. The van der Waals surface area contributed by atoms with Crippen LogP contribution in [0.25, 0.3) is 0 Å². The minimum Gasteiger partial charge on any atom is -0.395 e. The fourth-order valence-electron chi connectivity index (χ4n) is 1.28. The normalized spacial score (nSPS) is 11.1. The molecule has 1 N–H and O–H groups in total. The molecule has 3 nitrogen and oxygen atoms in total. The highest BCUT2D eigenvalue weighted by molar-refractivity contribution is 4.56. The van der Waals surface area contributed by atoms with Crippen LogP contribution in [-0.4, -0.2) is 50.0 Å². The Kier molecular flexibility index (Phi) is 9.87. The fourth-order valence-corrected chi connectivity index (χ4v) is 1.28. The molecule has 0 heterocycles. The van der Waals surface area contributed by atoms with Crippen molar-refractivity contribution in [1.29, 1.82) is 0 Å². The molecule has 0 aliphatic carbocycles. The molecule has 0 aromatic heterocycles. The van der Waals surface area contributed by atoms with E-state index in [1.54, 1.807) is 7.11 Å². The van der Waals surface area contributed by atoms with Crippen molar-refractivity contribution in [2.45, 2.75) is 26.2 Å². The quantitative estimate of drug-likeness (QED) is 0.552. The van der Waals surface area contributed by atoms with Crippen LogP contribution in [0, 0.1) is 0 Å². The third-order valence-corrected chi connectivity index (χ3v) is 2.11. The number of aliphatic hydroxyl groups excluding tert-OH is 1. The van der Waals surface area contributed by atoms with Crippen LogP contribution >= 0.6 is 0 Å². The molecular formula is C10H23NO2. The minimum atomic E-state index is 0.246. The van der Waals surface area contributed by atoms with Gasteiger partial charge in [0, 0.05) is 20.2 Å². The topological polar surface area (TPSA) is 32.7 Å². The van der Waals surface area contributed by atoms with E-state index >= 15 is 0 Å². The molecule has 3 heteroatoms. The summed E-state index contributed by atoms with van der Waals surface area (Å²) in [5.74, 6) is 0. The largest absolute Gasteiger partial charge is 0.395 e. The molecule has 0 unspecified atom stereocenters. The van der Waals surface area contributed by atoms with Gasteiger partial charge in [-0.3, -0.25) is 4.90 Å². The molecule has 0 saturated carbocycles. The van der Waals surface area contributed by atoms with Crippen LogP contribution in [0.1, 0.15) is 26.2 Å². The van der Waals surface area contributed by atoms with E-state index in [1.165, 1.54) is 19.3 Å². The molecule has 0 amide bonds. The van der Waals surface area contributed by atoms with Crippen LogP contribution < -0.4 is 0 Å². The summed E-state index contributed by atoms with van der Waals surface area (Å²) in [6.07, 6.45) is 3.74. The Morgan fingerprint density at radius 1 is 1.15 bits per heavy atom. The molecule has 0 aromatic rings. The van der Waals surface area contributed by atoms with Gasteiger partial charge >= 0.3 is 0 Å². The fraction of sp³-hybridized carbons (Fsp3) is 1.00. The molecule has 0 radical (unpaired) electrons. The van der Waals surface area contributed by atoms with Gasteiger partial charge in [-0.05, 0) is 13.0 Å². The van der Waals surface area contributed by atoms with Gasteiger partial charge in [0.1, 0.15) is 0 Å². The maximum Gasteiger partial charge on any atom is 0.0589 e. The molecule has 0 saturated heterocycles. The smallest absolute Gasteiger partial charge is 0.0589 e. The van der Waals surface area contributed by atoms with Gasteiger partial charge in [0.2, 0.25) is 0 Å². The summed E-state index contributed by atoms with van der Waals surface area (Å²) < 4.78 is 5.00. The third-order valence-electron chi connectivity index (χ3n) is 2.11. The summed E-state index contributed by atoms with van der Waals surface area (Å²) >= 11 is 0. The summed E-state index contributed by atoms with van der Waals surface area (Å²) in [5, 5.41) is 8.81. The molecule has 0 aliphatic rings. The highest BCUT2D eigenvalue weighted by atomic mass is 16.5. The van der Waals surface area contributed by atoms with E-state index in [9.17, 15) is 0 Å². The first-order chi connectivity index (χ1) is 6.35. The summed E-state index contributed by atoms with van der Waals surface area (Å²) in [5.41, 5.74) is 0. The maximum absolute atomic E-state index is 8.81. The zero-order valence-electron chi connectivity index (χ0n) is 8.96. The van der Waals surface area contributed by atoms with Crippen molar-refractivity contribution >= 4 is 0 Å². The van der Waals surface area contributed by atoms with Gasteiger partial charge in [-0.2, -0.15) is 0 Å². The van der Waals surface area contributed by atoms with Crippen LogP contribution in [0.5, 0.6) is 0 Å². The number of hydrogen-bond donors (Lipinski definition) is 1. The van der Waals surface area contributed by atoms with E-state index in [0.717, 1.165) is 26.2 Å².